The summed E-state index contributed by atoms with van der Waals surface area (Å²) in [6.45, 7) is 9.81. The molecule has 2 atom stereocenters. The lowest BCUT2D eigenvalue weighted by Crippen LogP contribution is -2.28. The number of amidine groups is 1. The normalized spacial score (nSPS) is 13.4. The lowest BCUT2D eigenvalue weighted by atomic mass is 9.89. The van der Waals surface area contributed by atoms with Gasteiger partial charge in [0, 0.05) is 43.5 Å². The van der Waals surface area contributed by atoms with Crippen molar-refractivity contribution >= 4 is 47.6 Å². The molecular weight excluding hydrogens is 773 g/mol. The summed E-state index contributed by atoms with van der Waals surface area (Å²) in [6.07, 6.45) is -0.322. The molecule has 1 heterocycles. The van der Waals surface area contributed by atoms with Crippen LogP contribution < -0.4 is 11.1 Å². The Morgan fingerprint density at radius 2 is 1.52 bits per heavy atom. The molecule has 1 aromatic heterocycles. The van der Waals surface area contributed by atoms with E-state index >= 15 is 0 Å². The van der Waals surface area contributed by atoms with Gasteiger partial charge in [-0.05, 0) is 77.4 Å². The van der Waals surface area contributed by atoms with E-state index in [9.17, 15) is 33.9 Å². The third-order valence-electron chi connectivity index (χ3n) is 9.23. The number of nitrogens with two attached hydrogens (primary N) is 1. The van der Waals surface area contributed by atoms with E-state index in [0.29, 0.717) is 34.7 Å². The summed E-state index contributed by atoms with van der Waals surface area (Å²) >= 11 is 0. The minimum Gasteiger partial charge on any atom is -0.425 e. The fraction of sp³-hybridized carbons (Fsp3) is 0.289. The number of carbonyl (C=O) groups excluding carboxylic acids is 6. The molecule has 1 saturated carbocycles. The molecule has 2 amide bonds. The van der Waals surface area contributed by atoms with Crippen molar-refractivity contribution in [1.82, 2.24) is 10.3 Å². The molecule has 0 aliphatic heterocycles. The SMILES string of the molecule is C=Cc1cc(C(=O)Cc2ccc(C(N)=NC(=O)OC(C)OC(=O)c3ccccc3)cc2)c(-c2ccc(C(=O)NCC3CC3)nc2C(=O)OC(C)OC(=O)C(C)C)cc1CO. The minimum absolute atomic E-state index is 0.0756. The number of nitrogens with one attached hydrogen (secondary N) is 1. The summed E-state index contributed by atoms with van der Waals surface area (Å²) in [5, 5.41) is 13.1. The number of pyridine rings is 1. The molecule has 15 heteroatoms. The van der Waals surface area contributed by atoms with Crippen LogP contribution in [0.1, 0.15) is 104 Å². The number of hydrogen-bond donors (Lipinski definition) is 3. The van der Waals surface area contributed by atoms with Crippen LogP contribution in [-0.2, 0) is 36.8 Å². The van der Waals surface area contributed by atoms with Gasteiger partial charge in [0.15, 0.2) is 11.5 Å². The zero-order valence-corrected chi connectivity index (χ0v) is 33.6. The molecule has 5 rings (SSSR count). The highest BCUT2D eigenvalue weighted by Gasteiger charge is 2.28. The highest BCUT2D eigenvalue weighted by atomic mass is 16.7. The fourth-order valence-corrected chi connectivity index (χ4v) is 5.80. The maximum absolute atomic E-state index is 14.2. The van der Waals surface area contributed by atoms with E-state index in [1.807, 2.05) is 0 Å². The third kappa shape index (κ3) is 11.8. The Kier molecular flexibility index (Phi) is 14.8. The summed E-state index contributed by atoms with van der Waals surface area (Å²) in [5.41, 5.74) is 8.13. The van der Waals surface area contributed by atoms with Crippen LogP contribution in [0.15, 0.2) is 90.4 Å². The number of rotatable bonds is 17. The first-order valence-corrected chi connectivity index (χ1v) is 19.2. The molecule has 1 aliphatic rings. The number of ether oxygens (including phenoxy) is 4. The zero-order chi connectivity index (χ0) is 43.5. The van der Waals surface area contributed by atoms with E-state index in [1.165, 1.54) is 44.2 Å². The summed E-state index contributed by atoms with van der Waals surface area (Å²) in [6, 6.07) is 20.5. The lowest BCUT2D eigenvalue weighted by molar-refractivity contribution is -0.169. The third-order valence-corrected chi connectivity index (χ3v) is 9.23. The number of aliphatic hydroxyl groups excluding tert-OH is 1. The van der Waals surface area contributed by atoms with Crippen molar-refractivity contribution in [2.75, 3.05) is 6.54 Å². The summed E-state index contributed by atoms with van der Waals surface area (Å²) in [5.74, 6) is -3.54. The van der Waals surface area contributed by atoms with Crippen LogP contribution >= 0.6 is 0 Å². The largest absolute Gasteiger partial charge is 0.438 e. The van der Waals surface area contributed by atoms with Gasteiger partial charge in [0.05, 0.1) is 18.1 Å². The van der Waals surface area contributed by atoms with Crippen molar-refractivity contribution in [3.05, 3.63) is 130 Å². The minimum atomic E-state index is -1.31. The standard InChI is InChI=1S/C45H46N4O11/c1-6-30-21-36(38(51)20-28-14-16-31(17-15-28)40(46)49-45(56)60-27(5)58-43(54)32-10-8-7-9-11-32)35(22-33(30)24-50)34-18-19-37(41(52)47-23-29-12-13-29)48-39(34)44(55)59-26(4)57-42(53)25(2)3/h6-11,14-19,21-22,25-27,29,50H,1,12-13,20,23-24H2,2-5H3,(H,47,52)(H2,46,49,56). The second kappa shape index (κ2) is 20.1. The predicted octanol–water partition coefficient (Wildman–Crippen LogP) is 6.20. The summed E-state index contributed by atoms with van der Waals surface area (Å²) in [7, 11) is 0. The average Bonchev–Trinajstić information content (AvgIpc) is 4.07. The molecule has 4 N–H and O–H groups in total. The van der Waals surface area contributed by atoms with E-state index < -0.39 is 60.8 Å². The Balaban J connectivity index is 1.39. The van der Waals surface area contributed by atoms with Crippen molar-refractivity contribution in [1.29, 1.82) is 0 Å². The van der Waals surface area contributed by atoms with Gasteiger partial charge in [-0.1, -0.05) is 69.0 Å². The van der Waals surface area contributed by atoms with Crippen molar-refractivity contribution in [2.45, 2.75) is 66.1 Å². The van der Waals surface area contributed by atoms with Crippen LogP contribution in [0.4, 0.5) is 4.79 Å². The second-order valence-electron chi connectivity index (χ2n) is 14.3. The van der Waals surface area contributed by atoms with E-state index in [4.69, 9.17) is 24.7 Å². The van der Waals surface area contributed by atoms with Crippen LogP contribution in [0, 0.1) is 11.8 Å². The second-order valence-corrected chi connectivity index (χ2v) is 14.3. The molecule has 1 aliphatic carbocycles. The highest BCUT2D eigenvalue weighted by molar-refractivity contribution is 6.08. The number of hydrogen-bond acceptors (Lipinski definition) is 12. The van der Waals surface area contributed by atoms with E-state index in [0.717, 1.165) is 12.8 Å². The Morgan fingerprint density at radius 3 is 2.15 bits per heavy atom. The molecule has 0 radical (unpaired) electrons. The molecular formula is C45H46N4O11. The van der Waals surface area contributed by atoms with Gasteiger partial charge in [0.25, 0.3) is 5.91 Å². The predicted molar refractivity (Wildman–Crippen MR) is 220 cm³/mol. The summed E-state index contributed by atoms with van der Waals surface area (Å²) < 4.78 is 20.9. The Labute approximate surface area is 346 Å². The molecule has 4 aromatic rings. The molecule has 1 fully saturated rings. The van der Waals surface area contributed by atoms with Gasteiger partial charge in [-0.3, -0.25) is 14.4 Å². The lowest BCUT2D eigenvalue weighted by Gasteiger charge is -2.19. The van der Waals surface area contributed by atoms with Crippen LogP contribution in [0.5, 0.6) is 0 Å². The number of aromatic nitrogens is 1. The Morgan fingerprint density at radius 1 is 0.850 bits per heavy atom. The van der Waals surface area contributed by atoms with Crippen molar-refractivity contribution < 1.29 is 52.8 Å². The van der Waals surface area contributed by atoms with Crippen LogP contribution in [-0.4, -0.2) is 70.7 Å². The number of benzene rings is 3. The molecule has 0 saturated heterocycles. The Bertz CT molecular complexity index is 2300. The molecule has 15 nitrogen and oxygen atoms in total. The van der Waals surface area contributed by atoms with Gasteiger partial charge < -0.3 is 35.1 Å². The van der Waals surface area contributed by atoms with Gasteiger partial charge in [0.1, 0.15) is 11.5 Å². The maximum Gasteiger partial charge on any atom is 0.438 e. The van der Waals surface area contributed by atoms with Gasteiger partial charge in [-0.2, -0.15) is 4.99 Å². The van der Waals surface area contributed by atoms with E-state index in [2.05, 4.69) is 21.9 Å². The van der Waals surface area contributed by atoms with Gasteiger partial charge in [0.2, 0.25) is 12.6 Å². The van der Waals surface area contributed by atoms with Crippen LogP contribution in [0.3, 0.4) is 0 Å². The number of esters is 3. The topological polar surface area (TPSA) is 223 Å². The average molecular weight is 819 g/mol. The molecule has 312 valence electrons. The van der Waals surface area contributed by atoms with Crippen molar-refractivity contribution in [2.24, 2.45) is 22.6 Å². The number of ketones is 1. The van der Waals surface area contributed by atoms with Gasteiger partial charge in [-0.25, -0.2) is 19.4 Å². The number of nitrogens with zero attached hydrogens (tertiary/aromatic N) is 2. The highest BCUT2D eigenvalue weighted by Crippen LogP contribution is 2.33. The monoisotopic (exact) mass is 818 g/mol. The van der Waals surface area contributed by atoms with Gasteiger partial charge >= 0.3 is 24.0 Å². The van der Waals surface area contributed by atoms with E-state index in [-0.39, 0.29) is 45.9 Å². The van der Waals surface area contributed by atoms with Crippen LogP contribution in [0.25, 0.3) is 17.2 Å². The number of carbonyl (C=O) groups is 6. The first kappa shape index (κ1) is 44.1. The van der Waals surface area contributed by atoms with E-state index in [1.54, 1.807) is 68.4 Å². The molecule has 2 unspecified atom stereocenters. The van der Waals surface area contributed by atoms with Crippen LogP contribution in [0.2, 0.25) is 0 Å². The smallest absolute Gasteiger partial charge is 0.425 e. The Hall–Kier alpha value is -7.00. The number of aliphatic hydroxyl groups is 1. The number of amides is 2. The van der Waals surface area contributed by atoms with Gasteiger partial charge in [-0.15, -0.1) is 0 Å². The molecule has 3 aromatic carbocycles. The number of aliphatic imine (C=N–C) groups is 1. The van der Waals surface area contributed by atoms with Crippen molar-refractivity contribution in [3.63, 3.8) is 0 Å². The maximum atomic E-state index is 14.2. The molecule has 60 heavy (non-hydrogen) atoms. The fourth-order valence-electron chi connectivity index (χ4n) is 5.80. The first-order chi connectivity index (χ1) is 28.7. The molecule has 0 bridgehead atoms. The number of Topliss-reactive ketones (excluding diaryl/α,β-unsaturated/α-hetero) is 1. The molecule has 0 spiro atoms. The zero-order valence-electron chi connectivity index (χ0n) is 33.6. The summed E-state index contributed by atoms with van der Waals surface area (Å²) in [4.78, 5) is 86.1. The quantitative estimate of drug-likeness (QED) is 0.0356. The first-order valence-electron chi connectivity index (χ1n) is 19.2. The van der Waals surface area contributed by atoms with Crippen molar-refractivity contribution in [3.8, 4) is 11.1 Å².